The van der Waals surface area contributed by atoms with Crippen molar-refractivity contribution in [3.8, 4) is 5.75 Å². The molecule has 0 bridgehead atoms. The van der Waals surface area contributed by atoms with Gasteiger partial charge in [-0.15, -0.1) is 0 Å². The molecule has 1 rings (SSSR count). The van der Waals surface area contributed by atoms with E-state index in [1.807, 2.05) is 0 Å². The van der Waals surface area contributed by atoms with Crippen molar-refractivity contribution in [2.45, 2.75) is 20.0 Å². The van der Waals surface area contributed by atoms with Crippen molar-refractivity contribution >= 4 is 35.0 Å². The third-order valence-corrected chi connectivity index (χ3v) is 2.75. The Morgan fingerprint density at radius 3 is 2.44 bits per heavy atom. The molecule has 0 saturated heterocycles. The van der Waals surface area contributed by atoms with Gasteiger partial charge in [-0.1, -0.05) is 23.2 Å². The molecule has 0 aliphatic carbocycles. The molecular weight excluding hydrogens is 279 g/mol. The molecule has 4 nitrogen and oxygen atoms in total. The molecule has 0 spiro atoms. The topological polar surface area (TPSA) is 52.6 Å². The van der Waals surface area contributed by atoms with Crippen molar-refractivity contribution in [1.29, 1.82) is 0 Å². The van der Waals surface area contributed by atoms with Gasteiger partial charge < -0.3 is 9.47 Å². The molecule has 0 radical (unpaired) electrons. The number of carbonyl (C=O) groups is 2. The number of halogens is 2. The van der Waals surface area contributed by atoms with Crippen molar-refractivity contribution in [2.75, 3.05) is 6.61 Å². The molecule has 98 valence electrons. The molecule has 1 atom stereocenters. The molecule has 0 aromatic heterocycles. The Kier molecular flexibility index (Phi) is 5.44. The number of Topliss-reactive ketones (excluding diaryl/α,β-unsaturated/α-hetero) is 1. The third kappa shape index (κ3) is 3.89. The van der Waals surface area contributed by atoms with Gasteiger partial charge in [-0.05, 0) is 26.0 Å². The summed E-state index contributed by atoms with van der Waals surface area (Å²) in [6.45, 7) is 3.07. The van der Waals surface area contributed by atoms with E-state index >= 15 is 0 Å². The fourth-order valence-corrected chi connectivity index (χ4v) is 1.49. The van der Waals surface area contributed by atoms with Crippen molar-refractivity contribution in [3.05, 3.63) is 28.2 Å². The Balaban J connectivity index is 2.86. The number of carbonyl (C=O) groups excluding carboxylic acids is 2. The second-order valence-electron chi connectivity index (χ2n) is 3.44. The number of hydrogen-bond acceptors (Lipinski definition) is 4. The van der Waals surface area contributed by atoms with Crippen LogP contribution in [0.3, 0.4) is 0 Å². The highest BCUT2D eigenvalue weighted by Gasteiger charge is 2.26. The molecule has 0 amide bonds. The zero-order chi connectivity index (χ0) is 13.7. The molecule has 0 heterocycles. The van der Waals surface area contributed by atoms with Gasteiger partial charge in [-0.3, -0.25) is 4.79 Å². The first-order valence-corrected chi connectivity index (χ1v) is 6.00. The summed E-state index contributed by atoms with van der Waals surface area (Å²) in [5, 5.41) is 0.639. The van der Waals surface area contributed by atoms with Crippen molar-refractivity contribution in [2.24, 2.45) is 0 Å². The maximum absolute atomic E-state index is 11.5. The number of rotatable bonds is 5. The largest absolute Gasteiger partial charge is 0.471 e. The smallest absolute Gasteiger partial charge is 0.355 e. The summed E-state index contributed by atoms with van der Waals surface area (Å²) in [5.41, 5.74) is 0. The molecular formula is C12H12Cl2O4. The van der Waals surface area contributed by atoms with E-state index in [1.54, 1.807) is 6.92 Å². The highest BCUT2D eigenvalue weighted by atomic mass is 35.5. The van der Waals surface area contributed by atoms with E-state index in [0.717, 1.165) is 0 Å². The van der Waals surface area contributed by atoms with Gasteiger partial charge in [0.2, 0.25) is 0 Å². The Morgan fingerprint density at radius 1 is 1.28 bits per heavy atom. The zero-order valence-electron chi connectivity index (χ0n) is 9.91. The minimum absolute atomic E-state index is 0.174. The van der Waals surface area contributed by atoms with Crippen molar-refractivity contribution in [3.63, 3.8) is 0 Å². The molecule has 1 aromatic carbocycles. The molecule has 1 unspecified atom stereocenters. The second kappa shape index (κ2) is 6.61. The van der Waals surface area contributed by atoms with Gasteiger partial charge in [-0.25, -0.2) is 4.79 Å². The van der Waals surface area contributed by atoms with E-state index < -0.39 is 17.9 Å². The van der Waals surface area contributed by atoms with E-state index in [2.05, 4.69) is 0 Å². The number of esters is 1. The lowest BCUT2D eigenvalue weighted by molar-refractivity contribution is -0.154. The van der Waals surface area contributed by atoms with Gasteiger partial charge in [0, 0.05) is 6.07 Å². The lowest BCUT2D eigenvalue weighted by atomic mass is 10.2. The second-order valence-corrected chi connectivity index (χ2v) is 4.25. The summed E-state index contributed by atoms with van der Waals surface area (Å²) in [7, 11) is 0. The standard InChI is InChI=1S/C12H12Cl2O4/c1-3-17-12(16)11(7(2)15)18-8-4-5-9(13)10(14)6-8/h4-6,11H,3H2,1-2H3. The Morgan fingerprint density at radius 2 is 1.94 bits per heavy atom. The summed E-state index contributed by atoms with van der Waals surface area (Å²) < 4.78 is 10.0. The average molecular weight is 291 g/mol. The summed E-state index contributed by atoms with van der Waals surface area (Å²) in [4.78, 5) is 22.8. The quantitative estimate of drug-likeness (QED) is 0.618. The molecule has 6 heteroatoms. The van der Waals surface area contributed by atoms with E-state index in [0.29, 0.717) is 5.02 Å². The first kappa shape index (κ1) is 14.8. The normalized spacial score (nSPS) is 11.8. The lowest BCUT2D eigenvalue weighted by Crippen LogP contribution is -2.35. The summed E-state index contributed by atoms with van der Waals surface area (Å²) in [6, 6.07) is 4.46. The highest BCUT2D eigenvalue weighted by Crippen LogP contribution is 2.27. The molecule has 0 fully saturated rings. The van der Waals surface area contributed by atoms with Gasteiger partial charge in [0.15, 0.2) is 5.78 Å². The van der Waals surface area contributed by atoms with Crippen LogP contribution in [0.5, 0.6) is 5.75 Å². The van der Waals surface area contributed by atoms with Gasteiger partial charge in [0.1, 0.15) is 5.75 Å². The fourth-order valence-electron chi connectivity index (χ4n) is 1.20. The zero-order valence-corrected chi connectivity index (χ0v) is 11.4. The number of ketones is 1. The van der Waals surface area contributed by atoms with E-state index in [1.165, 1.54) is 25.1 Å². The van der Waals surface area contributed by atoms with Crippen LogP contribution >= 0.6 is 23.2 Å². The Bertz CT molecular complexity index is 459. The van der Waals surface area contributed by atoms with Crippen LogP contribution in [0.25, 0.3) is 0 Å². The molecule has 0 N–H and O–H groups in total. The van der Waals surface area contributed by atoms with Crippen LogP contribution in [0.2, 0.25) is 10.0 Å². The van der Waals surface area contributed by atoms with Crippen molar-refractivity contribution in [1.82, 2.24) is 0 Å². The van der Waals surface area contributed by atoms with Gasteiger partial charge in [-0.2, -0.15) is 0 Å². The first-order chi connectivity index (χ1) is 8.45. The number of hydrogen-bond donors (Lipinski definition) is 0. The third-order valence-electron chi connectivity index (χ3n) is 2.01. The maximum Gasteiger partial charge on any atom is 0.355 e. The Hall–Kier alpha value is -1.26. The highest BCUT2D eigenvalue weighted by molar-refractivity contribution is 6.42. The summed E-state index contributed by atoms with van der Waals surface area (Å²) in [5.74, 6) is -0.895. The summed E-state index contributed by atoms with van der Waals surface area (Å²) in [6.07, 6.45) is -1.29. The van der Waals surface area contributed by atoms with Crippen LogP contribution in [-0.4, -0.2) is 24.5 Å². The van der Waals surface area contributed by atoms with E-state index in [-0.39, 0.29) is 17.4 Å². The van der Waals surface area contributed by atoms with Crippen LogP contribution in [-0.2, 0) is 14.3 Å². The van der Waals surface area contributed by atoms with Crippen LogP contribution in [0.1, 0.15) is 13.8 Å². The molecule has 1 aromatic rings. The van der Waals surface area contributed by atoms with Crippen molar-refractivity contribution < 1.29 is 19.1 Å². The monoisotopic (exact) mass is 290 g/mol. The van der Waals surface area contributed by atoms with E-state index in [4.69, 9.17) is 32.7 Å². The predicted octanol–water partition coefficient (Wildman–Crippen LogP) is 2.89. The molecule has 18 heavy (non-hydrogen) atoms. The predicted molar refractivity (Wildman–Crippen MR) is 68.2 cm³/mol. The van der Waals surface area contributed by atoms with Crippen LogP contribution in [0.15, 0.2) is 18.2 Å². The van der Waals surface area contributed by atoms with Gasteiger partial charge in [0.25, 0.3) is 6.10 Å². The molecule has 0 aliphatic rings. The Labute approximate surface area is 115 Å². The first-order valence-electron chi connectivity index (χ1n) is 5.24. The minimum Gasteiger partial charge on any atom is -0.471 e. The maximum atomic E-state index is 11.5. The molecule has 0 aliphatic heterocycles. The van der Waals surface area contributed by atoms with Crippen LogP contribution in [0.4, 0.5) is 0 Å². The average Bonchev–Trinajstić information content (AvgIpc) is 2.30. The summed E-state index contributed by atoms with van der Waals surface area (Å²) >= 11 is 11.6. The fraction of sp³-hybridized carbons (Fsp3) is 0.333. The van der Waals surface area contributed by atoms with Gasteiger partial charge in [0.05, 0.1) is 16.7 Å². The SMILES string of the molecule is CCOC(=O)C(Oc1ccc(Cl)c(Cl)c1)C(C)=O. The number of benzene rings is 1. The number of ether oxygens (including phenoxy) is 2. The lowest BCUT2D eigenvalue weighted by Gasteiger charge is -2.15. The minimum atomic E-state index is -1.29. The van der Waals surface area contributed by atoms with Gasteiger partial charge >= 0.3 is 5.97 Å². The van der Waals surface area contributed by atoms with Crippen LogP contribution in [0, 0.1) is 0 Å². The molecule has 0 saturated carbocycles. The van der Waals surface area contributed by atoms with Crippen LogP contribution < -0.4 is 4.74 Å². The van der Waals surface area contributed by atoms with E-state index in [9.17, 15) is 9.59 Å².